The van der Waals surface area contributed by atoms with Crippen molar-refractivity contribution in [3.8, 4) is 0 Å². The molecule has 0 saturated heterocycles. The molecule has 18 heavy (non-hydrogen) atoms. The smallest absolute Gasteiger partial charge is 0.248 e. The number of anilines is 1. The predicted octanol–water partition coefficient (Wildman–Crippen LogP) is 4.13. The number of hydrogen-bond acceptors (Lipinski definition) is 1. The Bertz CT molecular complexity index is 476. The molecule has 1 aliphatic carbocycles. The van der Waals surface area contributed by atoms with Gasteiger partial charge in [-0.1, -0.05) is 22.0 Å². The number of hydrogen-bond donors (Lipinski definition) is 1. The van der Waals surface area contributed by atoms with Crippen LogP contribution in [0.3, 0.4) is 0 Å². The molecular formula is C13H14BrF2NO. The van der Waals surface area contributed by atoms with Crippen LogP contribution in [0.5, 0.6) is 0 Å². The molecule has 1 fully saturated rings. The van der Waals surface area contributed by atoms with Crippen molar-refractivity contribution in [3.63, 3.8) is 0 Å². The second kappa shape index (κ2) is 4.96. The van der Waals surface area contributed by atoms with Crippen molar-refractivity contribution in [3.05, 3.63) is 28.2 Å². The Kier molecular flexibility index (Phi) is 3.71. The van der Waals surface area contributed by atoms with Crippen molar-refractivity contribution in [1.29, 1.82) is 0 Å². The molecule has 1 unspecified atom stereocenters. The molecule has 0 aromatic heterocycles. The zero-order chi connectivity index (χ0) is 13.3. The first-order valence-corrected chi connectivity index (χ1v) is 6.61. The van der Waals surface area contributed by atoms with Crippen LogP contribution in [0.25, 0.3) is 0 Å². The fourth-order valence-electron chi connectivity index (χ4n) is 2.14. The van der Waals surface area contributed by atoms with Crippen LogP contribution in [-0.4, -0.2) is 11.8 Å². The number of alkyl halides is 2. The third-order valence-corrected chi connectivity index (χ3v) is 3.73. The van der Waals surface area contributed by atoms with Gasteiger partial charge in [-0.15, -0.1) is 0 Å². The first-order chi connectivity index (χ1) is 8.37. The quantitative estimate of drug-likeness (QED) is 0.873. The van der Waals surface area contributed by atoms with E-state index in [1.165, 1.54) is 0 Å². The highest BCUT2D eigenvalue weighted by molar-refractivity contribution is 9.10. The lowest BCUT2D eigenvalue weighted by Gasteiger charge is -2.13. The Morgan fingerprint density at radius 3 is 2.83 bits per heavy atom. The maximum atomic E-state index is 13.0. The SMILES string of the molecule is Cc1ccc(Br)cc1NC(=O)C1CCC(F)(F)C1. The highest BCUT2D eigenvalue weighted by Gasteiger charge is 2.42. The molecule has 0 aliphatic heterocycles. The fourth-order valence-corrected chi connectivity index (χ4v) is 2.50. The van der Waals surface area contributed by atoms with E-state index in [1.54, 1.807) is 6.07 Å². The largest absolute Gasteiger partial charge is 0.326 e. The van der Waals surface area contributed by atoms with Gasteiger partial charge in [-0.05, 0) is 31.0 Å². The van der Waals surface area contributed by atoms with E-state index in [4.69, 9.17) is 0 Å². The number of benzene rings is 1. The zero-order valence-corrected chi connectivity index (χ0v) is 11.6. The Labute approximate surface area is 113 Å². The van der Waals surface area contributed by atoms with Crippen LogP contribution in [0.2, 0.25) is 0 Å². The molecule has 0 spiro atoms. The monoisotopic (exact) mass is 317 g/mol. The van der Waals surface area contributed by atoms with Gasteiger partial charge < -0.3 is 5.32 Å². The van der Waals surface area contributed by atoms with Crippen LogP contribution < -0.4 is 5.32 Å². The lowest BCUT2D eigenvalue weighted by atomic mass is 10.1. The van der Waals surface area contributed by atoms with Crippen LogP contribution in [0, 0.1) is 12.8 Å². The van der Waals surface area contributed by atoms with E-state index < -0.39 is 11.8 Å². The second-order valence-electron chi connectivity index (χ2n) is 4.74. The van der Waals surface area contributed by atoms with Crippen LogP contribution >= 0.6 is 15.9 Å². The molecule has 0 heterocycles. The van der Waals surface area contributed by atoms with E-state index in [0.29, 0.717) is 5.69 Å². The summed E-state index contributed by atoms with van der Waals surface area (Å²) in [4.78, 5) is 11.9. The molecule has 98 valence electrons. The van der Waals surface area contributed by atoms with E-state index >= 15 is 0 Å². The lowest BCUT2D eigenvalue weighted by molar-refractivity contribution is -0.120. The number of nitrogens with one attached hydrogen (secondary N) is 1. The van der Waals surface area contributed by atoms with Gasteiger partial charge in [-0.25, -0.2) is 8.78 Å². The van der Waals surface area contributed by atoms with Gasteiger partial charge in [0.1, 0.15) is 0 Å². The van der Waals surface area contributed by atoms with E-state index in [2.05, 4.69) is 21.2 Å². The standard InChI is InChI=1S/C13H14BrF2NO/c1-8-2-3-10(14)6-11(8)17-12(18)9-4-5-13(15,16)7-9/h2-3,6,9H,4-5,7H2,1H3,(H,17,18). The Morgan fingerprint density at radius 2 is 2.22 bits per heavy atom. The number of carbonyl (C=O) groups excluding carboxylic acids is 1. The summed E-state index contributed by atoms with van der Waals surface area (Å²) >= 11 is 3.32. The van der Waals surface area contributed by atoms with E-state index in [0.717, 1.165) is 10.0 Å². The van der Waals surface area contributed by atoms with E-state index in [-0.39, 0.29) is 25.2 Å². The summed E-state index contributed by atoms with van der Waals surface area (Å²) in [7, 11) is 0. The normalized spacial score (nSPS) is 21.9. The molecule has 2 nitrogen and oxygen atoms in total. The maximum absolute atomic E-state index is 13.0. The van der Waals surface area contributed by atoms with Gasteiger partial charge in [-0.3, -0.25) is 4.79 Å². The van der Waals surface area contributed by atoms with E-state index in [1.807, 2.05) is 19.1 Å². The molecule has 1 atom stereocenters. The van der Waals surface area contributed by atoms with Crippen molar-refractivity contribution in [2.24, 2.45) is 5.92 Å². The summed E-state index contributed by atoms with van der Waals surface area (Å²) in [6, 6.07) is 5.51. The van der Waals surface area contributed by atoms with Crippen LogP contribution in [-0.2, 0) is 4.79 Å². The fraction of sp³-hybridized carbons (Fsp3) is 0.462. The minimum atomic E-state index is -2.69. The number of aryl methyl sites for hydroxylation is 1. The van der Waals surface area contributed by atoms with Gasteiger partial charge in [0.15, 0.2) is 0 Å². The summed E-state index contributed by atoms with van der Waals surface area (Å²) in [6.45, 7) is 1.87. The van der Waals surface area contributed by atoms with Gasteiger partial charge in [0.2, 0.25) is 11.8 Å². The van der Waals surface area contributed by atoms with Crippen LogP contribution in [0.4, 0.5) is 14.5 Å². The van der Waals surface area contributed by atoms with Crippen molar-refractivity contribution < 1.29 is 13.6 Å². The first-order valence-electron chi connectivity index (χ1n) is 5.82. The molecule has 0 bridgehead atoms. The number of rotatable bonds is 2. The van der Waals surface area contributed by atoms with Gasteiger partial charge in [-0.2, -0.15) is 0 Å². The Morgan fingerprint density at radius 1 is 1.50 bits per heavy atom. The van der Waals surface area contributed by atoms with Gasteiger partial charge in [0, 0.05) is 28.9 Å². The minimum absolute atomic E-state index is 0.192. The number of carbonyl (C=O) groups is 1. The summed E-state index contributed by atoms with van der Waals surface area (Å²) in [5, 5.41) is 2.73. The van der Waals surface area contributed by atoms with Crippen molar-refractivity contribution in [2.75, 3.05) is 5.32 Å². The molecule has 1 aromatic carbocycles. The summed E-state index contributed by atoms with van der Waals surface area (Å²) in [5.74, 6) is -3.58. The Balaban J connectivity index is 2.06. The van der Waals surface area contributed by atoms with Crippen LogP contribution in [0.1, 0.15) is 24.8 Å². The highest BCUT2D eigenvalue weighted by Crippen LogP contribution is 2.39. The first kappa shape index (κ1) is 13.5. The number of halogens is 3. The molecule has 1 saturated carbocycles. The summed E-state index contributed by atoms with van der Waals surface area (Å²) < 4.78 is 26.9. The van der Waals surface area contributed by atoms with Gasteiger partial charge in [0.05, 0.1) is 0 Å². The minimum Gasteiger partial charge on any atom is -0.326 e. The van der Waals surface area contributed by atoms with Gasteiger partial charge in [0.25, 0.3) is 0 Å². The molecular weight excluding hydrogens is 304 g/mol. The Hall–Kier alpha value is -0.970. The number of amides is 1. The van der Waals surface area contributed by atoms with E-state index in [9.17, 15) is 13.6 Å². The third kappa shape index (κ3) is 3.07. The topological polar surface area (TPSA) is 29.1 Å². The third-order valence-electron chi connectivity index (χ3n) is 3.23. The van der Waals surface area contributed by atoms with Gasteiger partial charge >= 0.3 is 0 Å². The molecule has 1 aromatic rings. The zero-order valence-electron chi connectivity index (χ0n) is 9.97. The average molecular weight is 318 g/mol. The van der Waals surface area contributed by atoms with Crippen molar-refractivity contribution in [2.45, 2.75) is 32.1 Å². The highest BCUT2D eigenvalue weighted by atomic mass is 79.9. The molecule has 1 amide bonds. The average Bonchev–Trinajstić information content (AvgIpc) is 2.64. The predicted molar refractivity (Wildman–Crippen MR) is 69.8 cm³/mol. The summed E-state index contributed by atoms with van der Waals surface area (Å²) in [6.07, 6.45) is -0.277. The van der Waals surface area contributed by atoms with Crippen LogP contribution in [0.15, 0.2) is 22.7 Å². The summed E-state index contributed by atoms with van der Waals surface area (Å²) in [5.41, 5.74) is 1.58. The maximum Gasteiger partial charge on any atom is 0.248 e. The molecule has 5 heteroatoms. The molecule has 0 radical (unpaired) electrons. The lowest BCUT2D eigenvalue weighted by Crippen LogP contribution is -2.22. The molecule has 1 N–H and O–H groups in total. The second-order valence-corrected chi connectivity index (χ2v) is 5.66. The molecule has 1 aliphatic rings. The van der Waals surface area contributed by atoms with Crippen molar-refractivity contribution >= 4 is 27.5 Å². The van der Waals surface area contributed by atoms with Crippen molar-refractivity contribution in [1.82, 2.24) is 0 Å². The molecule has 2 rings (SSSR count).